The molecule has 0 aliphatic carbocycles. The summed E-state index contributed by atoms with van der Waals surface area (Å²) in [6.45, 7) is 3.19. The van der Waals surface area contributed by atoms with Crippen LogP contribution in [0.15, 0.2) is 53.0 Å². The summed E-state index contributed by atoms with van der Waals surface area (Å²) in [5, 5.41) is 11.1. The molecule has 1 aliphatic rings. The number of likely N-dealkylation sites (tertiary alicyclic amines) is 1. The first-order valence-corrected chi connectivity index (χ1v) is 8.78. The van der Waals surface area contributed by atoms with Crippen LogP contribution in [-0.4, -0.2) is 29.5 Å². The molecule has 0 bridgehead atoms. The Morgan fingerprint density at radius 3 is 2.62 bits per heavy atom. The van der Waals surface area contributed by atoms with Crippen LogP contribution < -0.4 is 5.73 Å². The van der Waals surface area contributed by atoms with Gasteiger partial charge in [-0.15, -0.1) is 0 Å². The Hall–Kier alpha value is -1.76. The van der Waals surface area contributed by atoms with Crippen LogP contribution in [0.2, 0.25) is 0 Å². The van der Waals surface area contributed by atoms with Gasteiger partial charge in [-0.05, 0) is 45.6 Å². The predicted molar refractivity (Wildman–Crippen MR) is 97.8 cm³/mol. The molecule has 3 rings (SSSR count). The van der Waals surface area contributed by atoms with Gasteiger partial charge in [-0.1, -0.05) is 36.4 Å². The summed E-state index contributed by atoms with van der Waals surface area (Å²) in [5.74, 6) is 0.833. The van der Waals surface area contributed by atoms with Gasteiger partial charge in [0, 0.05) is 31.6 Å². The fraction of sp³-hybridized carbons (Fsp3) is 0.333. The highest BCUT2D eigenvalue weighted by atomic mass is 79.9. The van der Waals surface area contributed by atoms with Crippen LogP contribution in [-0.2, 0) is 6.54 Å². The number of halogens is 1. The number of nitro benzene ring substituents is 1. The van der Waals surface area contributed by atoms with Crippen molar-refractivity contribution in [2.75, 3.05) is 19.6 Å². The van der Waals surface area contributed by atoms with E-state index in [1.54, 1.807) is 12.1 Å². The van der Waals surface area contributed by atoms with Gasteiger partial charge >= 0.3 is 0 Å². The Morgan fingerprint density at radius 2 is 1.96 bits per heavy atom. The fourth-order valence-electron chi connectivity index (χ4n) is 3.46. The quantitative estimate of drug-likeness (QED) is 0.626. The zero-order valence-corrected chi connectivity index (χ0v) is 14.9. The zero-order chi connectivity index (χ0) is 17.1. The Labute approximate surface area is 149 Å². The van der Waals surface area contributed by atoms with E-state index in [1.165, 1.54) is 5.56 Å². The predicted octanol–water partition coefficient (Wildman–Crippen LogP) is 3.53. The normalized spacial score (nSPS) is 21.1. The summed E-state index contributed by atoms with van der Waals surface area (Å²) in [5.41, 5.74) is 8.36. The van der Waals surface area contributed by atoms with Crippen LogP contribution in [0.5, 0.6) is 0 Å². The van der Waals surface area contributed by atoms with Crippen LogP contribution in [0.25, 0.3) is 0 Å². The maximum absolute atomic E-state index is 11.1. The Bertz CT molecular complexity index is 723. The molecule has 0 saturated carbocycles. The molecule has 0 aromatic heterocycles. The number of nitrogens with zero attached hydrogens (tertiary/aromatic N) is 2. The van der Waals surface area contributed by atoms with Crippen molar-refractivity contribution in [1.82, 2.24) is 4.90 Å². The Balaban J connectivity index is 1.75. The third-order valence-corrected chi connectivity index (χ3v) is 5.33. The minimum absolute atomic E-state index is 0.113. The number of rotatable bonds is 5. The summed E-state index contributed by atoms with van der Waals surface area (Å²) in [4.78, 5) is 13.1. The summed E-state index contributed by atoms with van der Waals surface area (Å²) in [7, 11) is 0. The lowest BCUT2D eigenvalue weighted by Crippen LogP contribution is -2.23. The molecule has 2 aromatic carbocycles. The van der Waals surface area contributed by atoms with Crippen molar-refractivity contribution in [2.45, 2.75) is 12.5 Å². The number of nitro groups is 1. The fourth-order valence-corrected chi connectivity index (χ4v) is 3.85. The average molecular weight is 390 g/mol. The molecule has 1 saturated heterocycles. The van der Waals surface area contributed by atoms with Gasteiger partial charge in [0.15, 0.2) is 0 Å². The largest absolute Gasteiger partial charge is 0.330 e. The first kappa shape index (κ1) is 17.1. The molecule has 1 aliphatic heterocycles. The summed E-state index contributed by atoms with van der Waals surface area (Å²) in [6, 6.07) is 15.8. The van der Waals surface area contributed by atoms with Gasteiger partial charge in [-0.25, -0.2) is 0 Å². The monoisotopic (exact) mass is 389 g/mol. The molecule has 2 N–H and O–H groups in total. The lowest BCUT2D eigenvalue weighted by atomic mass is 9.89. The number of nitrogens with two attached hydrogens (primary N) is 1. The molecular weight excluding hydrogens is 370 g/mol. The van der Waals surface area contributed by atoms with Crippen LogP contribution in [0, 0.1) is 16.0 Å². The molecule has 2 atom stereocenters. The average Bonchev–Trinajstić information content (AvgIpc) is 3.00. The Morgan fingerprint density at radius 1 is 1.21 bits per heavy atom. The number of hydrogen-bond acceptors (Lipinski definition) is 4. The number of hydrogen-bond donors (Lipinski definition) is 1. The standard InChI is InChI=1S/C18H20BrN3O2/c19-17-7-6-13(8-18(17)22(23)24)10-21-11-15(9-20)16(12-21)14-4-2-1-3-5-14/h1-8,15-16H,9-12,20H2/t15-,16+/m1/s1. The molecule has 24 heavy (non-hydrogen) atoms. The molecule has 1 heterocycles. The maximum atomic E-state index is 11.1. The van der Waals surface area contributed by atoms with Gasteiger partial charge in [-0.3, -0.25) is 15.0 Å². The van der Waals surface area contributed by atoms with Crippen LogP contribution >= 0.6 is 15.9 Å². The Kier molecular flexibility index (Phi) is 5.28. The summed E-state index contributed by atoms with van der Waals surface area (Å²) < 4.78 is 0.514. The van der Waals surface area contributed by atoms with Gasteiger partial charge in [0.2, 0.25) is 0 Å². The molecule has 126 valence electrons. The molecule has 5 nitrogen and oxygen atoms in total. The highest BCUT2D eigenvalue weighted by Gasteiger charge is 2.32. The van der Waals surface area contributed by atoms with Gasteiger partial charge in [0.25, 0.3) is 5.69 Å². The zero-order valence-electron chi connectivity index (χ0n) is 13.3. The van der Waals surface area contributed by atoms with Crippen LogP contribution in [0.1, 0.15) is 17.0 Å². The third kappa shape index (κ3) is 3.66. The summed E-state index contributed by atoms with van der Waals surface area (Å²) in [6.07, 6.45) is 0. The van der Waals surface area contributed by atoms with Gasteiger partial charge in [0.1, 0.15) is 0 Å². The van der Waals surface area contributed by atoms with Crippen LogP contribution in [0.4, 0.5) is 5.69 Å². The van der Waals surface area contributed by atoms with E-state index in [1.807, 2.05) is 12.1 Å². The molecule has 0 spiro atoms. The van der Waals surface area contributed by atoms with Crippen molar-refractivity contribution in [2.24, 2.45) is 11.7 Å². The van der Waals surface area contributed by atoms with Gasteiger partial charge in [-0.2, -0.15) is 0 Å². The van der Waals surface area contributed by atoms with Crippen LogP contribution in [0.3, 0.4) is 0 Å². The lowest BCUT2D eigenvalue weighted by Gasteiger charge is -2.17. The van der Waals surface area contributed by atoms with E-state index in [-0.39, 0.29) is 10.6 Å². The summed E-state index contributed by atoms with van der Waals surface area (Å²) >= 11 is 3.23. The topological polar surface area (TPSA) is 72.4 Å². The molecule has 0 radical (unpaired) electrons. The smallest absolute Gasteiger partial charge is 0.283 e. The molecular formula is C18H20BrN3O2. The van der Waals surface area contributed by atoms with Gasteiger partial charge < -0.3 is 5.73 Å². The molecule has 2 aromatic rings. The highest BCUT2D eigenvalue weighted by molar-refractivity contribution is 9.10. The second kappa shape index (κ2) is 7.42. The highest BCUT2D eigenvalue weighted by Crippen LogP contribution is 2.33. The second-order valence-electron chi connectivity index (χ2n) is 6.25. The first-order chi connectivity index (χ1) is 11.6. The van der Waals surface area contributed by atoms with Crippen molar-refractivity contribution in [3.8, 4) is 0 Å². The van der Waals surface area contributed by atoms with E-state index in [2.05, 4.69) is 45.1 Å². The minimum Gasteiger partial charge on any atom is -0.330 e. The van der Waals surface area contributed by atoms with Crippen molar-refractivity contribution in [1.29, 1.82) is 0 Å². The van der Waals surface area contributed by atoms with E-state index < -0.39 is 0 Å². The molecule has 1 fully saturated rings. The van der Waals surface area contributed by atoms with E-state index in [0.717, 1.165) is 18.7 Å². The molecule has 0 unspecified atom stereocenters. The van der Waals surface area contributed by atoms with E-state index in [4.69, 9.17) is 5.73 Å². The van der Waals surface area contributed by atoms with E-state index in [0.29, 0.717) is 29.4 Å². The van der Waals surface area contributed by atoms with Crippen molar-refractivity contribution < 1.29 is 4.92 Å². The third-order valence-electron chi connectivity index (χ3n) is 4.66. The maximum Gasteiger partial charge on any atom is 0.283 e. The van der Waals surface area contributed by atoms with Crippen molar-refractivity contribution >= 4 is 21.6 Å². The SMILES string of the molecule is NC[C@@H]1CN(Cc2ccc(Br)c([N+](=O)[O-])c2)C[C@H]1c1ccccc1. The first-order valence-electron chi connectivity index (χ1n) is 7.98. The van der Waals surface area contributed by atoms with Crippen molar-refractivity contribution in [3.05, 3.63) is 74.2 Å². The van der Waals surface area contributed by atoms with E-state index in [9.17, 15) is 10.1 Å². The minimum atomic E-state index is -0.354. The number of benzene rings is 2. The molecule has 6 heteroatoms. The van der Waals surface area contributed by atoms with Crippen molar-refractivity contribution in [3.63, 3.8) is 0 Å². The van der Waals surface area contributed by atoms with E-state index >= 15 is 0 Å². The molecule has 0 amide bonds. The lowest BCUT2D eigenvalue weighted by molar-refractivity contribution is -0.385. The van der Waals surface area contributed by atoms with Gasteiger partial charge in [0.05, 0.1) is 9.40 Å². The second-order valence-corrected chi connectivity index (χ2v) is 7.10.